The molecule has 0 aliphatic heterocycles. The number of carbonyl (C=O) groups excluding carboxylic acids is 1. The van der Waals surface area contributed by atoms with Gasteiger partial charge in [0.2, 0.25) is 0 Å². The van der Waals surface area contributed by atoms with Crippen LogP contribution in [0.5, 0.6) is 0 Å². The van der Waals surface area contributed by atoms with Gasteiger partial charge in [0.05, 0.1) is 4.92 Å². The first-order valence-electron chi connectivity index (χ1n) is 6.04. The van der Waals surface area contributed by atoms with Gasteiger partial charge in [-0.25, -0.2) is 10.8 Å². The SMILES string of the molecule is NNc1cc(C(=O)NCc2ccc([N+](=O)[O-])cc2)ccn1. The lowest BCUT2D eigenvalue weighted by Crippen LogP contribution is -2.23. The first kappa shape index (κ1) is 14.4. The average molecular weight is 287 g/mol. The molecule has 0 spiro atoms. The highest BCUT2D eigenvalue weighted by Gasteiger charge is 2.08. The Labute approximate surface area is 120 Å². The highest BCUT2D eigenvalue weighted by atomic mass is 16.6. The summed E-state index contributed by atoms with van der Waals surface area (Å²) in [7, 11) is 0. The topological polar surface area (TPSA) is 123 Å². The summed E-state index contributed by atoms with van der Waals surface area (Å²) in [4.78, 5) is 25.9. The molecular weight excluding hydrogens is 274 g/mol. The predicted octanol–water partition coefficient (Wildman–Crippen LogP) is 1.21. The van der Waals surface area contributed by atoms with E-state index in [9.17, 15) is 14.9 Å². The predicted molar refractivity (Wildman–Crippen MR) is 76.3 cm³/mol. The van der Waals surface area contributed by atoms with E-state index in [0.717, 1.165) is 5.56 Å². The fourth-order valence-electron chi connectivity index (χ4n) is 1.67. The molecule has 8 nitrogen and oxygen atoms in total. The van der Waals surface area contributed by atoms with Crippen molar-refractivity contribution in [2.45, 2.75) is 6.54 Å². The van der Waals surface area contributed by atoms with Gasteiger partial charge in [-0.2, -0.15) is 0 Å². The van der Waals surface area contributed by atoms with Gasteiger partial charge in [0.1, 0.15) is 5.82 Å². The monoisotopic (exact) mass is 287 g/mol. The Bertz CT molecular complexity index is 657. The number of hydrazine groups is 1. The number of benzene rings is 1. The van der Waals surface area contributed by atoms with Crippen LogP contribution in [0.3, 0.4) is 0 Å². The first-order chi connectivity index (χ1) is 10.1. The zero-order chi connectivity index (χ0) is 15.2. The summed E-state index contributed by atoms with van der Waals surface area (Å²) < 4.78 is 0. The second kappa shape index (κ2) is 6.44. The second-order valence-corrected chi connectivity index (χ2v) is 4.18. The van der Waals surface area contributed by atoms with Crippen molar-refractivity contribution in [3.8, 4) is 0 Å². The minimum absolute atomic E-state index is 0.0119. The minimum Gasteiger partial charge on any atom is -0.348 e. The molecule has 0 unspecified atom stereocenters. The first-order valence-corrected chi connectivity index (χ1v) is 6.04. The number of nitrogens with zero attached hydrogens (tertiary/aromatic N) is 2. The van der Waals surface area contributed by atoms with Gasteiger partial charge < -0.3 is 10.7 Å². The molecule has 1 heterocycles. The van der Waals surface area contributed by atoms with E-state index in [4.69, 9.17) is 5.84 Å². The van der Waals surface area contributed by atoms with Crippen molar-refractivity contribution >= 4 is 17.4 Å². The number of pyridine rings is 1. The number of anilines is 1. The van der Waals surface area contributed by atoms with Crippen LogP contribution in [0.4, 0.5) is 11.5 Å². The third-order valence-electron chi connectivity index (χ3n) is 2.77. The summed E-state index contributed by atoms with van der Waals surface area (Å²) >= 11 is 0. The van der Waals surface area contributed by atoms with Crippen molar-refractivity contribution in [3.63, 3.8) is 0 Å². The molecule has 2 rings (SSSR count). The van der Waals surface area contributed by atoms with E-state index in [2.05, 4.69) is 15.7 Å². The van der Waals surface area contributed by atoms with Gasteiger partial charge in [-0.15, -0.1) is 0 Å². The standard InChI is InChI=1S/C13H13N5O3/c14-17-12-7-10(5-6-15-12)13(19)16-8-9-1-3-11(4-2-9)18(20)21/h1-7H,8,14H2,(H,15,17)(H,16,19). The number of nitrogens with two attached hydrogens (primary N) is 1. The van der Waals surface area contributed by atoms with Crippen molar-refractivity contribution < 1.29 is 9.72 Å². The van der Waals surface area contributed by atoms with E-state index in [1.807, 2.05) is 0 Å². The molecule has 0 radical (unpaired) electrons. The van der Waals surface area contributed by atoms with Gasteiger partial charge in [-0.05, 0) is 17.7 Å². The van der Waals surface area contributed by atoms with Crippen LogP contribution in [0.25, 0.3) is 0 Å². The Hall–Kier alpha value is -3.00. The molecule has 0 aliphatic carbocycles. The van der Waals surface area contributed by atoms with Gasteiger partial charge >= 0.3 is 0 Å². The zero-order valence-electron chi connectivity index (χ0n) is 10.9. The van der Waals surface area contributed by atoms with Gasteiger partial charge in [-0.3, -0.25) is 14.9 Å². The van der Waals surface area contributed by atoms with Crippen LogP contribution in [0, 0.1) is 10.1 Å². The summed E-state index contributed by atoms with van der Waals surface area (Å²) in [6, 6.07) is 9.06. The number of non-ortho nitro benzene ring substituents is 1. The molecule has 1 amide bonds. The highest BCUT2D eigenvalue weighted by Crippen LogP contribution is 2.12. The van der Waals surface area contributed by atoms with E-state index < -0.39 is 4.92 Å². The summed E-state index contributed by atoms with van der Waals surface area (Å²) in [5.41, 5.74) is 3.55. The van der Waals surface area contributed by atoms with Crippen LogP contribution in [0.15, 0.2) is 42.6 Å². The smallest absolute Gasteiger partial charge is 0.269 e. The second-order valence-electron chi connectivity index (χ2n) is 4.18. The molecular formula is C13H13N5O3. The lowest BCUT2D eigenvalue weighted by molar-refractivity contribution is -0.384. The molecule has 8 heteroatoms. The molecule has 1 aromatic carbocycles. The maximum Gasteiger partial charge on any atom is 0.269 e. The maximum atomic E-state index is 11.9. The highest BCUT2D eigenvalue weighted by molar-refractivity contribution is 5.94. The normalized spacial score (nSPS) is 9.95. The van der Waals surface area contributed by atoms with Gasteiger partial charge in [0, 0.05) is 30.4 Å². The van der Waals surface area contributed by atoms with Crippen molar-refractivity contribution in [2.75, 3.05) is 5.43 Å². The van der Waals surface area contributed by atoms with Crippen molar-refractivity contribution in [3.05, 3.63) is 63.8 Å². The van der Waals surface area contributed by atoms with E-state index >= 15 is 0 Å². The number of rotatable bonds is 5. The largest absolute Gasteiger partial charge is 0.348 e. The molecule has 0 saturated carbocycles. The van der Waals surface area contributed by atoms with E-state index in [1.165, 1.54) is 24.4 Å². The number of amides is 1. The Kier molecular flexibility index (Phi) is 4.42. The lowest BCUT2D eigenvalue weighted by Gasteiger charge is -2.06. The van der Waals surface area contributed by atoms with Gasteiger partial charge in [0.15, 0.2) is 0 Å². The third-order valence-corrected chi connectivity index (χ3v) is 2.77. The van der Waals surface area contributed by atoms with Gasteiger partial charge in [0.25, 0.3) is 11.6 Å². The fourth-order valence-corrected chi connectivity index (χ4v) is 1.67. The number of nitrogens with one attached hydrogen (secondary N) is 2. The summed E-state index contributed by atoms with van der Waals surface area (Å²) in [5, 5.41) is 13.2. The molecule has 4 N–H and O–H groups in total. The quantitative estimate of drug-likeness (QED) is 0.431. The number of nitrogen functional groups attached to an aromatic ring is 1. The van der Waals surface area contributed by atoms with Gasteiger partial charge in [-0.1, -0.05) is 12.1 Å². The Balaban J connectivity index is 1.98. The Morgan fingerprint density at radius 3 is 2.62 bits per heavy atom. The van der Waals surface area contributed by atoms with Crippen LogP contribution in [0.2, 0.25) is 0 Å². The molecule has 0 bridgehead atoms. The number of hydrogen-bond donors (Lipinski definition) is 3. The molecule has 2 aromatic rings. The number of nitro benzene ring substituents is 1. The van der Waals surface area contributed by atoms with Crippen LogP contribution in [-0.2, 0) is 6.54 Å². The average Bonchev–Trinajstić information content (AvgIpc) is 2.53. The number of hydrogen-bond acceptors (Lipinski definition) is 6. The third kappa shape index (κ3) is 3.74. The van der Waals surface area contributed by atoms with Crippen molar-refractivity contribution in [1.29, 1.82) is 0 Å². The van der Waals surface area contributed by atoms with E-state index in [0.29, 0.717) is 11.4 Å². The summed E-state index contributed by atoms with van der Waals surface area (Å²) in [6.07, 6.45) is 1.47. The lowest BCUT2D eigenvalue weighted by atomic mass is 10.2. The number of nitro groups is 1. The number of aromatic nitrogens is 1. The Morgan fingerprint density at radius 1 is 1.29 bits per heavy atom. The van der Waals surface area contributed by atoms with Crippen LogP contribution >= 0.6 is 0 Å². The fraction of sp³-hybridized carbons (Fsp3) is 0.0769. The van der Waals surface area contributed by atoms with E-state index in [1.54, 1.807) is 18.2 Å². The molecule has 1 aromatic heterocycles. The van der Waals surface area contributed by atoms with Crippen LogP contribution in [-0.4, -0.2) is 15.8 Å². The van der Waals surface area contributed by atoms with Crippen molar-refractivity contribution in [2.24, 2.45) is 5.84 Å². The van der Waals surface area contributed by atoms with Crippen LogP contribution in [0.1, 0.15) is 15.9 Å². The summed E-state index contributed by atoms with van der Waals surface area (Å²) in [6.45, 7) is 0.268. The zero-order valence-corrected chi connectivity index (χ0v) is 10.9. The molecule has 21 heavy (non-hydrogen) atoms. The molecule has 108 valence electrons. The summed E-state index contributed by atoms with van der Waals surface area (Å²) in [5.74, 6) is 5.33. The molecule has 0 fully saturated rings. The maximum absolute atomic E-state index is 11.9. The van der Waals surface area contributed by atoms with Crippen molar-refractivity contribution in [1.82, 2.24) is 10.3 Å². The Morgan fingerprint density at radius 2 is 2.00 bits per heavy atom. The molecule has 0 aliphatic rings. The number of carbonyl (C=O) groups is 1. The molecule has 0 atom stereocenters. The minimum atomic E-state index is -0.472. The van der Waals surface area contributed by atoms with E-state index in [-0.39, 0.29) is 18.1 Å². The molecule has 0 saturated heterocycles. The van der Waals surface area contributed by atoms with Crippen LogP contribution < -0.4 is 16.6 Å².